The van der Waals surface area contributed by atoms with Gasteiger partial charge in [-0.2, -0.15) is 0 Å². The number of nitrogens with two attached hydrogens (primary N) is 1. The number of Topliss-reactive ketones (excluding diaryl/α,β-unsaturated/α-hetero) is 1. The van der Waals surface area contributed by atoms with Crippen molar-refractivity contribution in [2.24, 2.45) is 11.7 Å². The van der Waals surface area contributed by atoms with E-state index >= 15 is 0 Å². The molecule has 0 saturated carbocycles. The summed E-state index contributed by atoms with van der Waals surface area (Å²) < 4.78 is 0. The number of hydrogen-bond donors (Lipinski definition) is 1. The maximum Gasteiger partial charge on any atom is 0.167 e. The fraction of sp³-hybridized carbons (Fsp3) is 0.312. The number of rotatable bonds is 5. The maximum absolute atomic E-state index is 12.5. The molecule has 94 valence electrons. The minimum atomic E-state index is -0.0548. The van der Waals surface area contributed by atoms with Gasteiger partial charge in [-0.3, -0.25) is 4.79 Å². The molecule has 0 aliphatic heterocycles. The molecule has 2 aromatic rings. The van der Waals surface area contributed by atoms with Crippen molar-refractivity contribution < 1.29 is 4.79 Å². The van der Waals surface area contributed by atoms with Gasteiger partial charge in [-0.25, -0.2) is 0 Å². The molecular formula is C16H19NO. The highest BCUT2D eigenvalue weighted by Gasteiger charge is 2.19. The van der Waals surface area contributed by atoms with E-state index < -0.39 is 0 Å². The zero-order valence-electron chi connectivity index (χ0n) is 10.7. The summed E-state index contributed by atoms with van der Waals surface area (Å²) in [6, 6.07) is 13.9. The molecule has 2 aromatic carbocycles. The molecule has 2 rings (SSSR count). The first-order chi connectivity index (χ1) is 8.77. The van der Waals surface area contributed by atoms with E-state index in [9.17, 15) is 4.79 Å². The van der Waals surface area contributed by atoms with E-state index in [0.717, 1.165) is 29.2 Å². The Labute approximate surface area is 108 Å². The van der Waals surface area contributed by atoms with Gasteiger partial charge in [-0.05, 0) is 17.2 Å². The lowest BCUT2D eigenvalue weighted by molar-refractivity contribution is 0.0919. The Morgan fingerprint density at radius 3 is 2.61 bits per heavy atom. The first-order valence-corrected chi connectivity index (χ1v) is 6.50. The second-order valence-electron chi connectivity index (χ2n) is 4.61. The minimum Gasteiger partial charge on any atom is -0.330 e. The number of fused-ring (bicyclic) bond motifs is 1. The number of hydrogen-bond acceptors (Lipinski definition) is 2. The van der Waals surface area contributed by atoms with Crippen molar-refractivity contribution in [2.45, 2.75) is 19.8 Å². The summed E-state index contributed by atoms with van der Waals surface area (Å²) in [6.07, 6.45) is 1.84. The molecule has 0 heterocycles. The second-order valence-corrected chi connectivity index (χ2v) is 4.61. The molecule has 0 spiro atoms. The molecule has 18 heavy (non-hydrogen) atoms. The molecule has 2 heteroatoms. The van der Waals surface area contributed by atoms with Gasteiger partial charge in [0.25, 0.3) is 0 Å². The Bertz CT molecular complexity index is 542. The van der Waals surface area contributed by atoms with Crippen LogP contribution in [-0.2, 0) is 0 Å². The molecule has 2 N–H and O–H groups in total. The van der Waals surface area contributed by atoms with E-state index in [0.29, 0.717) is 6.54 Å². The molecule has 1 atom stereocenters. The fourth-order valence-corrected chi connectivity index (χ4v) is 2.36. The minimum absolute atomic E-state index is 0.0548. The summed E-state index contributed by atoms with van der Waals surface area (Å²) in [5.41, 5.74) is 6.52. The quantitative estimate of drug-likeness (QED) is 0.815. The summed E-state index contributed by atoms with van der Waals surface area (Å²) in [6.45, 7) is 2.51. The van der Waals surface area contributed by atoms with Crippen LogP contribution in [0, 0.1) is 5.92 Å². The van der Waals surface area contributed by atoms with Crippen molar-refractivity contribution in [3.8, 4) is 0 Å². The fourth-order valence-electron chi connectivity index (χ4n) is 2.36. The lowest BCUT2D eigenvalue weighted by Crippen LogP contribution is -2.23. The van der Waals surface area contributed by atoms with Gasteiger partial charge in [0.2, 0.25) is 0 Å². The number of benzene rings is 2. The molecule has 0 aliphatic rings. The highest BCUT2D eigenvalue weighted by atomic mass is 16.1. The third-order valence-corrected chi connectivity index (χ3v) is 3.35. The molecular weight excluding hydrogens is 222 g/mol. The average Bonchev–Trinajstić information content (AvgIpc) is 2.43. The van der Waals surface area contributed by atoms with Crippen LogP contribution < -0.4 is 5.73 Å². The number of ketones is 1. The van der Waals surface area contributed by atoms with Gasteiger partial charge < -0.3 is 5.73 Å². The Morgan fingerprint density at radius 1 is 1.17 bits per heavy atom. The Morgan fingerprint density at radius 2 is 1.89 bits per heavy atom. The van der Waals surface area contributed by atoms with Gasteiger partial charge >= 0.3 is 0 Å². The molecule has 0 bridgehead atoms. The SMILES string of the molecule is CCCC(CN)C(=O)c1cccc2ccccc12. The summed E-state index contributed by atoms with van der Waals surface area (Å²) in [5, 5.41) is 2.13. The van der Waals surface area contributed by atoms with Crippen molar-refractivity contribution in [3.05, 3.63) is 48.0 Å². The van der Waals surface area contributed by atoms with E-state index in [4.69, 9.17) is 5.73 Å². The zero-order valence-corrected chi connectivity index (χ0v) is 10.7. The van der Waals surface area contributed by atoms with E-state index in [-0.39, 0.29) is 11.7 Å². The van der Waals surface area contributed by atoms with Crippen LogP contribution in [0.1, 0.15) is 30.1 Å². The highest BCUT2D eigenvalue weighted by Crippen LogP contribution is 2.22. The smallest absolute Gasteiger partial charge is 0.167 e. The Hall–Kier alpha value is -1.67. The predicted octanol–water partition coefficient (Wildman–Crippen LogP) is 3.40. The molecule has 1 unspecified atom stereocenters. The molecule has 0 aliphatic carbocycles. The summed E-state index contributed by atoms with van der Waals surface area (Å²) in [7, 11) is 0. The average molecular weight is 241 g/mol. The molecule has 0 saturated heterocycles. The van der Waals surface area contributed by atoms with Crippen molar-refractivity contribution in [1.82, 2.24) is 0 Å². The molecule has 0 aromatic heterocycles. The van der Waals surface area contributed by atoms with Crippen LogP contribution in [0.15, 0.2) is 42.5 Å². The monoisotopic (exact) mass is 241 g/mol. The van der Waals surface area contributed by atoms with Gasteiger partial charge in [0.1, 0.15) is 0 Å². The van der Waals surface area contributed by atoms with Gasteiger partial charge in [0.15, 0.2) is 5.78 Å². The second kappa shape index (κ2) is 5.78. The number of carbonyl (C=O) groups is 1. The summed E-state index contributed by atoms with van der Waals surface area (Å²) in [5.74, 6) is 0.122. The third-order valence-electron chi connectivity index (χ3n) is 3.35. The maximum atomic E-state index is 12.5. The first-order valence-electron chi connectivity index (χ1n) is 6.50. The largest absolute Gasteiger partial charge is 0.330 e. The van der Waals surface area contributed by atoms with Crippen LogP contribution in [0.5, 0.6) is 0 Å². The lowest BCUT2D eigenvalue weighted by atomic mass is 9.91. The van der Waals surface area contributed by atoms with Crippen LogP contribution in [0.4, 0.5) is 0 Å². The van der Waals surface area contributed by atoms with Gasteiger partial charge in [0, 0.05) is 18.0 Å². The van der Waals surface area contributed by atoms with E-state index in [1.807, 2.05) is 42.5 Å². The molecule has 0 amide bonds. The van der Waals surface area contributed by atoms with Gasteiger partial charge in [0.05, 0.1) is 0 Å². The standard InChI is InChI=1S/C16H19NO/c1-2-6-13(11-17)16(18)15-10-5-8-12-7-3-4-9-14(12)15/h3-5,7-10,13H,2,6,11,17H2,1H3. The summed E-state index contributed by atoms with van der Waals surface area (Å²) >= 11 is 0. The summed E-state index contributed by atoms with van der Waals surface area (Å²) in [4.78, 5) is 12.5. The molecule has 0 fully saturated rings. The van der Waals surface area contributed by atoms with Crippen LogP contribution in [0.2, 0.25) is 0 Å². The lowest BCUT2D eigenvalue weighted by Gasteiger charge is -2.14. The third kappa shape index (κ3) is 2.44. The van der Waals surface area contributed by atoms with Crippen LogP contribution in [-0.4, -0.2) is 12.3 Å². The number of carbonyl (C=O) groups excluding carboxylic acids is 1. The van der Waals surface area contributed by atoms with E-state index in [1.165, 1.54) is 0 Å². The zero-order chi connectivity index (χ0) is 13.0. The first kappa shape index (κ1) is 12.8. The van der Waals surface area contributed by atoms with Crippen molar-refractivity contribution >= 4 is 16.6 Å². The molecule has 0 radical (unpaired) electrons. The Balaban J connectivity index is 2.44. The van der Waals surface area contributed by atoms with Gasteiger partial charge in [-0.1, -0.05) is 55.8 Å². The van der Waals surface area contributed by atoms with Crippen LogP contribution in [0.25, 0.3) is 10.8 Å². The molecule has 2 nitrogen and oxygen atoms in total. The Kier molecular flexibility index (Phi) is 4.11. The normalized spacial score (nSPS) is 12.6. The van der Waals surface area contributed by atoms with Crippen molar-refractivity contribution in [1.29, 1.82) is 0 Å². The predicted molar refractivity (Wildman–Crippen MR) is 75.7 cm³/mol. The van der Waals surface area contributed by atoms with Crippen molar-refractivity contribution in [3.63, 3.8) is 0 Å². The van der Waals surface area contributed by atoms with Gasteiger partial charge in [-0.15, -0.1) is 0 Å². The van der Waals surface area contributed by atoms with E-state index in [2.05, 4.69) is 6.92 Å². The van der Waals surface area contributed by atoms with Crippen LogP contribution >= 0.6 is 0 Å². The van der Waals surface area contributed by atoms with E-state index in [1.54, 1.807) is 0 Å². The topological polar surface area (TPSA) is 43.1 Å². The highest BCUT2D eigenvalue weighted by molar-refractivity contribution is 6.09. The van der Waals surface area contributed by atoms with Crippen LogP contribution in [0.3, 0.4) is 0 Å². The van der Waals surface area contributed by atoms with Crippen molar-refractivity contribution in [2.75, 3.05) is 6.54 Å².